The molecular weight excluding hydrogens is 216 g/mol. The van der Waals surface area contributed by atoms with Gasteiger partial charge in [0.05, 0.1) is 0 Å². The van der Waals surface area contributed by atoms with Crippen LogP contribution < -0.4 is 0 Å². The second-order valence-electron chi connectivity index (χ2n) is 4.54. The summed E-state index contributed by atoms with van der Waals surface area (Å²) in [5, 5.41) is 0. The fraction of sp³-hybridized carbons (Fsp3) is 0.111. The molecule has 0 bridgehead atoms. The van der Waals surface area contributed by atoms with Crippen molar-refractivity contribution < 1.29 is 0 Å². The maximum absolute atomic E-state index is 3.56. The first-order valence-electron chi connectivity index (χ1n) is 6.16. The Morgan fingerprint density at radius 2 is 1.33 bits per heavy atom. The molecule has 18 heavy (non-hydrogen) atoms. The second-order valence-corrected chi connectivity index (χ2v) is 4.54. The van der Waals surface area contributed by atoms with E-state index in [0.717, 1.165) is 12.0 Å². The first-order chi connectivity index (χ1) is 8.72. The lowest BCUT2D eigenvalue weighted by atomic mass is 10.1. The molecule has 0 atom stereocenters. The maximum Gasteiger partial charge on any atom is -0.00135 e. The van der Waals surface area contributed by atoms with Gasteiger partial charge in [0.25, 0.3) is 0 Å². The van der Waals surface area contributed by atoms with Crippen LogP contribution in [0.15, 0.2) is 73.3 Å². The molecule has 0 aromatic heterocycles. The van der Waals surface area contributed by atoms with E-state index in [2.05, 4.69) is 61.7 Å². The van der Waals surface area contributed by atoms with E-state index >= 15 is 0 Å². The van der Waals surface area contributed by atoms with Crippen molar-refractivity contribution in [2.45, 2.75) is 13.3 Å². The molecule has 1 aliphatic rings. The van der Waals surface area contributed by atoms with Gasteiger partial charge in [-0.1, -0.05) is 73.3 Å². The van der Waals surface area contributed by atoms with Gasteiger partial charge in [0.15, 0.2) is 0 Å². The smallest absolute Gasteiger partial charge is 0.00135 e. The average Bonchev–Trinajstić information content (AvgIpc) is 2.78. The highest BCUT2D eigenvalue weighted by molar-refractivity contribution is 5.76. The van der Waals surface area contributed by atoms with Gasteiger partial charge in [-0.25, -0.2) is 0 Å². The monoisotopic (exact) mass is 234 g/mol. The van der Waals surface area contributed by atoms with Crippen molar-refractivity contribution >= 4 is 0 Å². The van der Waals surface area contributed by atoms with Crippen molar-refractivity contribution in [3.05, 3.63) is 84.5 Å². The van der Waals surface area contributed by atoms with E-state index in [9.17, 15) is 0 Å². The van der Waals surface area contributed by atoms with Crippen LogP contribution in [0.5, 0.6) is 0 Å². The Morgan fingerprint density at radius 1 is 0.944 bits per heavy atom. The molecule has 0 aliphatic heterocycles. The summed E-state index contributed by atoms with van der Waals surface area (Å²) in [5.74, 6) is 0. The summed E-state index contributed by atoms with van der Waals surface area (Å²) in [4.78, 5) is 0. The van der Waals surface area contributed by atoms with E-state index in [4.69, 9.17) is 0 Å². The van der Waals surface area contributed by atoms with Crippen LogP contribution in [-0.4, -0.2) is 0 Å². The number of allylic oxidation sites excluding steroid dienone is 2. The molecule has 0 spiro atoms. The molecule has 0 amide bonds. The molecule has 0 unspecified atom stereocenters. The molecule has 1 aliphatic carbocycles. The third-order valence-electron chi connectivity index (χ3n) is 3.05. The quantitative estimate of drug-likeness (QED) is 0.519. The summed E-state index contributed by atoms with van der Waals surface area (Å²) < 4.78 is 0. The van der Waals surface area contributed by atoms with Crippen LogP contribution in [0.25, 0.3) is 11.1 Å². The first kappa shape index (κ1) is 12.4. The van der Waals surface area contributed by atoms with E-state index in [1.54, 1.807) is 6.08 Å². The molecule has 0 saturated heterocycles. The minimum Gasteiger partial charge on any atom is -0.0988 e. The largest absolute Gasteiger partial charge is 0.0988 e. The van der Waals surface area contributed by atoms with E-state index in [0.29, 0.717) is 0 Å². The number of rotatable bonds is 1. The Kier molecular flexibility index (Phi) is 3.78. The van der Waals surface area contributed by atoms with Gasteiger partial charge in [0.1, 0.15) is 0 Å². The SMILES string of the molecule is C=CC(=C)C.c1ccc2c(c1)Cc1ccccc1-2. The van der Waals surface area contributed by atoms with E-state index in [1.165, 1.54) is 22.3 Å². The molecule has 0 nitrogen and oxygen atoms in total. The average molecular weight is 234 g/mol. The Bertz CT molecular complexity index is 533. The summed E-state index contributed by atoms with van der Waals surface area (Å²) in [5.41, 5.74) is 6.77. The molecule has 90 valence electrons. The van der Waals surface area contributed by atoms with Gasteiger partial charge in [-0.2, -0.15) is 0 Å². The number of hydrogen-bond donors (Lipinski definition) is 0. The molecule has 0 fully saturated rings. The highest BCUT2D eigenvalue weighted by atomic mass is 14.2. The van der Waals surface area contributed by atoms with Gasteiger partial charge in [-0.05, 0) is 35.6 Å². The van der Waals surface area contributed by atoms with Gasteiger partial charge in [-0.15, -0.1) is 0 Å². The Balaban J connectivity index is 0.000000209. The third-order valence-corrected chi connectivity index (χ3v) is 3.05. The molecule has 0 saturated carbocycles. The van der Waals surface area contributed by atoms with E-state index < -0.39 is 0 Å². The summed E-state index contributed by atoms with van der Waals surface area (Å²) in [7, 11) is 0. The van der Waals surface area contributed by atoms with Crippen molar-refractivity contribution in [1.82, 2.24) is 0 Å². The van der Waals surface area contributed by atoms with Crippen molar-refractivity contribution in [3.8, 4) is 11.1 Å². The molecule has 0 heterocycles. The van der Waals surface area contributed by atoms with Crippen LogP contribution in [0.4, 0.5) is 0 Å². The van der Waals surface area contributed by atoms with Crippen LogP contribution in [0.3, 0.4) is 0 Å². The van der Waals surface area contributed by atoms with Crippen LogP contribution in [0.2, 0.25) is 0 Å². The lowest BCUT2D eigenvalue weighted by Crippen LogP contribution is -1.77. The molecule has 0 N–H and O–H groups in total. The number of fused-ring (bicyclic) bond motifs is 3. The van der Waals surface area contributed by atoms with Gasteiger partial charge in [0.2, 0.25) is 0 Å². The Hall–Kier alpha value is -2.08. The third kappa shape index (κ3) is 2.60. The fourth-order valence-electron chi connectivity index (χ4n) is 2.08. The van der Waals surface area contributed by atoms with Crippen LogP contribution in [0, 0.1) is 0 Å². The predicted molar refractivity (Wildman–Crippen MR) is 79.7 cm³/mol. The van der Waals surface area contributed by atoms with Gasteiger partial charge >= 0.3 is 0 Å². The van der Waals surface area contributed by atoms with Crippen LogP contribution >= 0.6 is 0 Å². The molecule has 2 aromatic rings. The Morgan fingerprint density at radius 3 is 1.72 bits per heavy atom. The van der Waals surface area contributed by atoms with Crippen LogP contribution in [0.1, 0.15) is 18.1 Å². The van der Waals surface area contributed by atoms with E-state index in [-0.39, 0.29) is 0 Å². The standard InChI is InChI=1S/C13H10.C5H8/c1-3-7-12-10(5-1)9-11-6-2-4-8-13(11)12;1-4-5(2)3/h1-8H,9H2;4H,1-2H2,3H3. The number of hydrogen-bond acceptors (Lipinski definition) is 0. The highest BCUT2D eigenvalue weighted by Crippen LogP contribution is 2.35. The summed E-state index contributed by atoms with van der Waals surface area (Å²) >= 11 is 0. The zero-order valence-corrected chi connectivity index (χ0v) is 10.8. The zero-order valence-electron chi connectivity index (χ0n) is 10.8. The lowest BCUT2D eigenvalue weighted by molar-refractivity contribution is 1.26. The van der Waals surface area contributed by atoms with Crippen molar-refractivity contribution in [3.63, 3.8) is 0 Å². The summed E-state index contributed by atoms with van der Waals surface area (Å²) in [6.45, 7) is 8.93. The fourth-order valence-corrected chi connectivity index (χ4v) is 2.08. The first-order valence-corrected chi connectivity index (χ1v) is 6.16. The number of benzene rings is 2. The molecule has 3 rings (SSSR count). The van der Waals surface area contributed by atoms with Gasteiger partial charge in [-0.3, -0.25) is 0 Å². The lowest BCUT2D eigenvalue weighted by Gasteiger charge is -1.98. The second kappa shape index (κ2) is 5.50. The van der Waals surface area contributed by atoms with Gasteiger partial charge in [0, 0.05) is 0 Å². The topological polar surface area (TPSA) is 0 Å². The van der Waals surface area contributed by atoms with Crippen molar-refractivity contribution in [2.75, 3.05) is 0 Å². The minimum atomic E-state index is 1.02. The van der Waals surface area contributed by atoms with Gasteiger partial charge < -0.3 is 0 Å². The van der Waals surface area contributed by atoms with E-state index in [1.807, 2.05) is 6.92 Å². The summed E-state index contributed by atoms with van der Waals surface area (Å²) in [6, 6.07) is 17.3. The maximum atomic E-state index is 3.56. The zero-order chi connectivity index (χ0) is 13.0. The molecule has 0 heteroatoms. The van der Waals surface area contributed by atoms with Crippen molar-refractivity contribution in [1.29, 1.82) is 0 Å². The highest BCUT2D eigenvalue weighted by Gasteiger charge is 2.15. The Labute approximate surface area is 109 Å². The molecular formula is C18H18. The van der Waals surface area contributed by atoms with Crippen LogP contribution in [-0.2, 0) is 6.42 Å². The molecule has 0 radical (unpaired) electrons. The minimum absolute atomic E-state index is 1.02. The van der Waals surface area contributed by atoms with Crippen molar-refractivity contribution in [2.24, 2.45) is 0 Å². The normalized spacial score (nSPS) is 10.7. The molecule has 2 aromatic carbocycles. The predicted octanol–water partition coefficient (Wildman–Crippen LogP) is 5.01. The summed E-state index contributed by atoms with van der Waals surface area (Å²) in [6.07, 6.45) is 2.83.